The van der Waals surface area contributed by atoms with Gasteiger partial charge in [0, 0.05) is 10.9 Å². The number of hydrogen-bond donors (Lipinski definition) is 2. The molecule has 1 amide bonds. The van der Waals surface area contributed by atoms with Crippen molar-refractivity contribution in [2.24, 2.45) is 0 Å². The maximum atomic E-state index is 13.7. The van der Waals surface area contributed by atoms with Gasteiger partial charge in [-0.3, -0.25) is 4.79 Å². The van der Waals surface area contributed by atoms with Crippen molar-refractivity contribution in [3.8, 4) is 5.75 Å². The Morgan fingerprint density at radius 3 is 2.50 bits per heavy atom. The minimum absolute atomic E-state index is 0. The number of carbonyl (C=O) groups excluding carboxylic acids is 1. The molecule has 5 nitrogen and oxygen atoms in total. The number of nitrogens with one attached hydrogen (secondary N) is 1. The van der Waals surface area contributed by atoms with Crippen LogP contribution >= 0.6 is 11.3 Å². The van der Waals surface area contributed by atoms with Crippen LogP contribution in [0.3, 0.4) is 0 Å². The summed E-state index contributed by atoms with van der Waals surface area (Å²) in [6.07, 6.45) is 0. The number of carboxylic acid groups (broad SMARTS) is 1. The first kappa shape index (κ1) is 21.6. The van der Waals surface area contributed by atoms with Gasteiger partial charge < -0.3 is 15.2 Å². The molecule has 0 atom stereocenters. The molecule has 0 unspecified atom stereocenters. The molecule has 0 fully saturated rings. The van der Waals surface area contributed by atoms with E-state index in [1.165, 1.54) is 29.5 Å². The van der Waals surface area contributed by atoms with Gasteiger partial charge in [-0.1, -0.05) is 6.07 Å². The summed E-state index contributed by atoms with van der Waals surface area (Å²) in [5.41, 5.74) is -0.639. The van der Waals surface area contributed by atoms with Crippen LogP contribution in [0.1, 0.15) is 25.6 Å². The summed E-state index contributed by atoms with van der Waals surface area (Å²) < 4.78 is 32.2. The molecule has 2 N–H and O–H groups in total. The Labute approximate surface area is 175 Å². The Morgan fingerprint density at radius 1 is 1.07 bits per heavy atom. The van der Waals surface area contributed by atoms with Gasteiger partial charge >= 0.3 is 24.8 Å². The van der Waals surface area contributed by atoms with Crippen molar-refractivity contribution in [3.63, 3.8) is 0 Å². The van der Waals surface area contributed by atoms with Crippen molar-refractivity contribution in [3.05, 3.63) is 81.5 Å². The molecule has 0 bridgehead atoms. The van der Waals surface area contributed by atoms with Crippen LogP contribution in [0.15, 0.2) is 53.9 Å². The third-order valence-corrected chi connectivity index (χ3v) is 4.46. The van der Waals surface area contributed by atoms with Gasteiger partial charge in [0.1, 0.15) is 24.0 Å². The van der Waals surface area contributed by atoms with Gasteiger partial charge in [-0.05, 0) is 41.8 Å². The number of anilines is 1. The molecule has 0 aliphatic rings. The summed E-state index contributed by atoms with van der Waals surface area (Å²) in [5, 5.41) is 13.6. The second-order valence-corrected chi connectivity index (χ2v) is 6.49. The van der Waals surface area contributed by atoms with Crippen molar-refractivity contribution in [2.45, 2.75) is 6.61 Å². The van der Waals surface area contributed by atoms with Gasteiger partial charge in [0.05, 0.1) is 16.8 Å². The van der Waals surface area contributed by atoms with Gasteiger partial charge in [0.15, 0.2) is 0 Å². The zero-order valence-electron chi connectivity index (χ0n) is 13.7. The van der Waals surface area contributed by atoms with Crippen molar-refractivity contribution in [1.82, 2.24) is 0 Å². The van der Waals surface area contributed by atoms with Gasteiger partial charge in [-0.25, -0.2) is 13.6 Å². The molecule has 140 valence electrons. The van der Waals surface area contributed by atoms with Crippen LogP contribution < -0.4 is 10.1 Å². The van der Waals surface area contributed by atoms with E-state index in [2.05, 4.69) is 5.32 Å². The fourth-order valence-electron chi connectivity index (χ4n) is 2.31. The molecule has 9 heteroatoms. The van der Waals surface area contributed by atoms with E-state index in [4.69, 9.17) is 4.74 Å². The number of halogens is 2. The summed E-state index contributed by atoms with van der Waals surface area (Å²) in [6, 6.07) is 10.4. The molecule has 3 aromatic rings. The standard InChI is InChI=1S/C19H13F2NO4S.Li.H/c20-11-3-5-14(16(21)8-11)18(23)22-17-6-4-12(9-15(17)19(24)25)26-10-13-2-1-7-27-13;;/h1-9H,10H2,(H,22,23)(H,24,25);;. The SMILES string of the molecule is O=C(Nc1ccc(OCc2cccs2)cc1C(=O)O)c1ccc(F)cc1F.[LiH]. The summed E-state index contributed by atoms with van der Waals surface area (Å²) in [4.78, 5) is 24.7. The van der Waals surface area contributed by atoms with E-state index in [-0.39, 0.29) is 36.7 Å². The molecular formula is C19H14F2LiNO4S. The zero-order valence-corrected chi connectivity index (χ0v) is 14.6. The first-order valence-corrected chi connectivity index (χ1v) is 8.61. The number of hydrogen-bond acceptors (Lipinski definition) is 4. The topological polar surface area (TPSA) is 75.6 Å². The normalized spacial score (nSPS) is 10.1. The summed E-state index contributed by atoms with van der Waals surface area (Å²) >= 11 is 1.50. The Morgan fingerprint density at radius 2 is 1.86 bits per heavy atom. The maximum absolute atomic E-state index is 13.7. The van der Waals surface area contributed by atoms with Crippen LogP contribution in [-0.4, -0.2) is 35.8 Å². The predicted octanol–water partition coefficient (Wildman–Crippen LogP) is 3.91. The number of thiophene rings is 1. The number of benzene rings is 2. The van der Waals surface area contributed by atoms with Gasteiger partial charge in [-0.2, -0.15) is 0 Å². The van der Waals surface area contributed by atoms with Crippen molar-refractivity contribution >= 4 is 47.8 Å². The molecule has 2 aromatic carbocycles. The molecule has 1 aromatic heterocycles. The first-order valence-electron chi connectivity index (χ1n) is 7.73. The summed E-state index contributed by atoms with van der Waals surface area (Å²) in [6.45, 7) is 0.281. The Hall–Kier alpha value is -2.66. The van der Waals surface area contributed by atoms with E-state index in [0.29, 0.717) is 11.8 Å². The van der Waals surface area contributed by atoms with Crippen LogP contribution in [0.2, 0.25) is 0 Å². The average molecular weight is 397 g/mol. The molecule has 0 radical (unpaired) electrons. The predicted molar refractivity (Wildman–Crippen MR) is 104 cm³/mol. The molecular weight excluding hydrogens is 383 g/mol. The molecule has 0 spiro atoms. The van der Waals surface area contributed by atoms with Crippen LogP contribution in [-0.2, 0) is 6.61 Å². The number of ether oxygens (including phenoxy) is 1. The third-order valence-electron chi connectivity index (χ3n) is 3.61. The van der Waals surface area contributed by atoms with E-state index in [1.807, 2.05) is 17.5 Å². The Kier molecular flexibility index (Phi) is 7.35. The van der Waals surface area contributed by atoms with Crippen LogP contribution in [0.4, 0.5) is 14.5 Å². The molecule has 3 rings (SSSR count). The molecule has 0 saturated heterocycles. The van der Waals surface area contributed by atoms with E-state index in [0.717, 1.165) is 17.0 Å². The average Bonchev–Trinajstić information content (AvgIpc) is 3.14. The van der Waals surface area contributed by atoms with E-state index < -0.39 is 29.1 Å². The second kappa shape index (κ2) is 9.51. The Balaban J connectivity index is 0.00000280. The molecule has 28 heavy (non-hydrogen) atoms. The quantitative estimate of drug-likeness (QED) is 0.619. The number of amides is 1. The van der Waals surface area contributed by atoms with E-state index in [9.17, 15) is 23.5 Å². The van der Waals surface area contributed by atoms with Crippen LogP contribution in [0, 0.1) is 11.6 Å². The Bertz CT molecular complexity index is 996. The molecule has 1 heterocycles. The number of rotatable bonds is 6. The number of aromatic carboxylic acids is 1. The van der Waals surface area contributed by atoms with E-state index >= 15 is 0 Å². The van der Waals surface area contributed by atoms with E-state index in [1.54, 1.807) is 0 Å². The van der Waals surface area contributed by atoms with Gasteiger partial charge in [-0.15, -0.1) is 11.3 Å². The fraction of sp³-hybridized carbons (Fsp3) is 0.0526. The molecule has 0 aliphatic heterocycles. The molecule has 0 saturated carbocycles. The summed E-state index contributed by atoms with van der Waals surface area (Å²) in [7, 11) is 0. The van der Waals surface area contributed by atoms with Crippen LogP contribution in [0.25, 0.3) is 0 Å². The van der Waals surface area contributed by atoms with Crippen molar-refractivity contribution in [2.75, 3.05) is 5.32 Å². The first-order chi connectivity index (χ1) is 12.9. The minimum atomic E-state index is -1.29. The second-order valence-electron chi connectivity index (χ2n) is 5.46. The summed E-state index contributed by atoms with van der Waals surface area (Å²) in [5.74, 6) is -3.72. The fourth-order valence-corrected chi connectivity index (χ4v) is 2.93. The number of carboxylic acids is 1. The zero-order chi connectivity index (χ0) is 19.4. The number of carbonyl (C=O) groups is 2. The third kappa shape index (κ3) is 5.20. The monoisotopic (exact) mass is 397 g/mol. The van der Waals surface area contributed by atoms with Gasteiger partial charge in [0.2, 0.25) is 0 Å². The van der Waals surface area contributed by atoms with Crippen molar-refractivity contribution in [1.29, 1.82) is 0 Å². The van der Waals surface area contributed by atoms with Gasteiger partial charge in [0.25, 0.3) is 5.91 Å². The van der Waals surface area contributed by atoms with Crippen molar-refractivity contribution < 1.29 is 28.2 Å². The van der Waals surface area contributed by atoms with Crippen LogP contribution in [0.5, 0.6) is 5.75 Å². The molecule has 0 aliphatic carbocycles.